The van der Waals surface area contributed by atoms with Crippen LogP contribution in [0.5, 0.6) is 0 Å². The van der Waals surface area contributed by atoms with Crippen LogP contribution in [0.2, 0.25) is 0 Å². The van der Waals surface area contributed by atoms with Crippen molar-refractivity contribution < 1.29 is 19.2 Å². The van der Waals surface area contributed by atoms with E-state index in [0.717, 1.165) is 35.2 Å². The summed E-state index contributed by atoms with van der Waals surface area (Å²) in [7, 11) is 1.41. The number of benzene rings is 2. The smallest absolute Gasteiger partial charge is 0.365 e. The zero-order valence-corrected chi connectivity index (χ0v) is 18.4. The van der Waals surface area contributed by atoms with Crippen LogP contribution < -0.4 is 15.1 Å². The van der Waals surface area contributed by atoms with Crippen molar-refractivity contribution >= 4 is 23.3 Å². The standard InChI is InChI=1S/C25H31N3O3/c1-18-11-13-27(14-12-18)22-9-7-21(8-10-22)26-24(29)17-28-16-20-6-4-3-5-19(20)15-23(28)25(30)31-2/h3-10,18,23H,11-17H2,1-2H3,(H,26,29)/p+1/t23-/m0/s1. The Labute approximate surface area is 184 Å². The van der Waals surface area contributed by atoms with Crippen molar-refractivity contribution in [3.05, 3.63) is 59.7 Å². The number of anilines is 2. The number of quaternary nitrogens is 1. The van der Waals surface area contributed by atoms with Crippen LogP contribution in [0.3, 0.4) is 0 Å². The topological polar surface area (TPSA) is 63.1 Å². The van der Waals surface area contributed by atoms with Gasteiger partial charge in [0.2, 0.25) is 0 Å². The van der Waals surface area contributed by atoms with Crippen LogP contribution in [0.15, 0.2) is 48.5 Å². The lowest BCUT2D eigenvalue weighted by atomic mass is 9.94. The van der Waals surface area contributed by atoms with Crippen LogP contribution in [0, 0.1) is 5.92 Å². The second kappa shape index (κ2) is 9.52. The van der Waals surface area contributed by atoms with Gasteiger partial charge >= 0.3 is 5.97 Å². The largest absolute Gasteiger partial charge is 0.465 e. The van der Waals surface area contributed by atoms with Crippen LogP contribution in [0.25, 0.3) is 0 Å². The Kier molecular flexibility index (Phi) is 6.56. The van der Waals surface area contributed by atoms with Gasteiger partial charge in [-0.25, -0.2) is 4.79 Å². The first-order chi connectivity index (χ1) is 15.0. The predicted molar refractivity (Wildman–Crippen MR) is 121 cm³/mol. The molecule has 4 rings (SSSR count). The molecule has 2 aromatic carbocycles. The van der Waals surface area contributed by atoms with E-state index in [9.17, 15) is 9.59 Å². The lowest BCUT2D eigenvalue weighted by Gasteiger charge is -2.32. The third-order valence-corrected chi connectivity index (χ3v) is 6.63. The van der Waals surface area contributed by atoms with E-state index >= 15 is 0 Å². The molecule has 6 nitrogen and oxygen atoms in total. The quantitative estimate of drug-likeness (QED) is 0.724. The lowest BCUT2D eigenvalue weighted by molar-refractivity contribution is -0.924. The Bertz CT molecular complexity index is 920. The van der Waals surface area contributed by atoms with Gasteiger partial charge in [-0.05, 0) is 48.6 Å². The number of nitrogens with one attached hydrogen (secondary N) is 2. The molecule has 1 amide bonds. The second-order valence-electron chi connectivity index (χ2n) is 8.83. The molecule has 1 saturated heterocycles. The van der Waals surface area contributed by atoms with Gasteiger partial charge in [-0.15, -0.1) is 0 Å². The fraction of sp³-hybridized carbons (Fsp3) is 0.440. The fourth-order valence-electron chi connectivity index (χ4n) is 4.67. The molecule has 1 fully saturated rings. The molecular formula is C25H32N3O3+. The van der Waals surface area contributed by atoms with Crippen LogP contribution in [0.4, 0.5) is 11.4 Å². The maximum Gasteiger partial charge on any atom is 0.365 e. The van der Waals surface area contributed by atoms with Gasteiger partial charge in [0.1, 0.15) is 6.54 Å². The number of esters is 1. The SMILES string of the molecule is COC(=O)[C@@H]1Cc2ccccc2C[NH+]1CC(=O)Nc1ccc(N2CCC(C)CC2)cc1. The number of amides is 1. The van der Waals surface area contributed by atoms with E-state index in [0.29, 0.717) is 13.0 Å². The fourth-order valence-corrected chi connectivity index (χ4v) is 4.67. The number of methoxy groups -OCH3 is 1. The lowest BCUT2D eigenvalue weighted by Crippen LogP contribution is -3.17. The van der Waals surface area contributed by atoms with Gasteiger partial charge in [0.05, 0.1) is 7.11 Å². The summed E-state index contributed by atoms with van der Waals surface area (Å²) in [5.41, 5.74) is 4.33. The Morgan fingerprint density at radius 3 is 2.42 bits per heavy atom. The van der Waals surface area contributed by atoms with Gasteiger partial charge in [0, 0.05) is 36.4 Å². The summed E-state index contributed by atoms with van der Waals surface area (Å²) in [6.07, 6.45) is 3.04. The molecule has 0 aliphatic carbocycles. The molecule has 2 aliphatic rings. The van der Waals surface area contributed by atoms with Crippen molar-refractivity contribution in [3.63, 3.8) is 0 Å². The van der Waals surface area contributed by atoms with E-state index in [2.05, 4.69) is 35.3 Å². The molecule has 2 aromatic rings. The summed E-state index contributed by atoms with van der Waals surface area (Å²) in [6.45, 7) is 5.34. The zero-order valence-electron chi connectivity index (χ0n) is 18.4. The second-order valence-corrected chi connectivity index (χ2v) is 8.83. The minimum absolute atomic E-state index is 0.0946. The van der Waals surface area contributed by atoms with Gasteiger partial charge in [0.15, 0.2) is 12.6 Å². The normalized spacial score (nSPS) is 21.3. The summed E-state index contributed by atoms with van der Waals surface area (Å²) in [6, 6.07) is 15.8. The van der Waals surface area contributed by atoms with Crippen molar-refractivity contribution in [2.24, 2.45) is 5.92 Å². The van der Waals surface area contributed by atoms with Crippen molar-refractivity contribution in [3.8, 4) is 0 Å². The van der Waals surface area contributed by atoms with E-state index in [4.69, 9.17) is 4.74 Å². The minimum Gasteiger partial charge on any atom is -0.465 e. The molecule has 2 heterocycles. The van der Waals surface area contributed by atoms with Crippen LogP contribution in [0.1, 0.15) is 30.9 Å². The zero-order chi connectivity index (χ0) is 21.8. The molecule has 0 bridgehead atoms. The number of fused-ring (bicyclic) bond motifs is 1. The molecule has 164 valence electrons. The van der Waals surface area contributed by atoms with E-state index < -0.39 is 0 Å². The summed E-state index contributed by atoms with van der Waals surface area (Å²) in [4.78, 5) is 28.5. The van der Waals surface area contributed by atoms with Crippen molar-refractivity contribution in [1.29, 1.82) is 0 Å². The van der Waals surface area contributed by atoms with Crippen molar-refractivity contribution in [2.45, 2.75) is 38.8 Å². The number of hydrogen-bond donors (Lipinski definition) is 2. The van der Waals surface area contributed by atoms with Crippen LogP contribution >= 0.6 is 0 Å². The highest BCUT2D eigenvalue weighted by Crippen LogP contribution is 2.24. The molecule has 0 radical (unpaired) electrons. The first kappa shape index (κ1) is 21.4. The van der Waals surface area contributed by atoms with Gasteiger partial charge in [0.25, 0.3) is 5.91 Å². The summed E-state index contributed by atoms with van der Waals surface area (Å²) >= 11 is 0. The molecule has 0 aromatic heterocycles. The highest BCUT2D eigenvalue weighted by atomic mass is 16.5. The molecule has 2 N–H and O–H groups in total. The molecule has 2 atom stereocenters. The first-order valence-electron chi connectivity index (χ1n) is 11.2. The van der Waals surface area contributed by atoms with E-state index in [1.807, 2.05) is 30.3 Å². The number of rotatable bonds is 5. The summed E-state index contributed by atoms with van der Waals surface area (Å²) in [5, 5.41) is 3.00. The van der Waals surface area contributed by atoms with E-state index in [1.165, 1.54) is 31.2 Å². The molecule has 0 saturated carbocycles. The molecule has 1 unspecified atom stereocenters. The highest BCUT2D eigenvalue weighted by Gasteiger charge is 2.37. The van der Waals surface area contributed by atoms with E-state index in [-0.39, 0.29) is 24.5 Å². The molecule has 31 heavy (non-hydrogen) atoms. The van der Waals surface area contributed by atoms with Crippen LogP contribution in [-0.4, -0.2) is 44.7 Å². The minimum atomic E-state index is -0.366. The van der Waals surface area contributed by atoms with E-state index in [1.54, 1.807) is 0 Å². The Morgan fingerprint density at radius 1 is 1.06 bits per heavy atom. The monoisotopic (exact) mass is 422 g/mol. The van der Waals surface area contributed by atoms with Gasteiger partial charge in [-0.1, -0.05) is 31.2 Å². The maximum atomic E-state index is 12.8. The molecule has 6 heteroatoms. The van der Waals surface area contributed by atoms with Crippen LogP contribution in [-0.2, 0) is 27.3 Å². The average Bonchev–Trinajstić information content (AvgIpc) is 2.79. The van der Waals surface area contributed by atoms with Gasteiger partial charge in [-0.2, -0.15) is 0 Å². The number of hydrogen-bond acceptors (Lipinski definition) is 4. The summed E-state index contributed by atoms with van der Waals surface area (Å²) in [5.74, 6) is 0.438. The number of nitrogens with zero attached hydrogens (tertiary/aromatic N) is 1. The van der Waals surface area contributed by atoms with Crippen molar-refractivity contribution in [1.82, 2.24) is 0 Å². The van der Waals surface area contributed by atoms with Gasteiger partial charge in [-0.3, -0.25) is 4.79 Å². The Morgan fingerprint density at radius 2 is 1.74 bits per heavy atom. The molecule has 2 aliphatic heterocycles. The number of carbonyl (C=O) groups is 2. The number of piperidine rings is 1. The Balaban J connectivity index is 1.38. The Hall–Kier alpha value is -2.86. The third kappa shape index (κ3) is 5.07. The third-order valence-electron chi connectivity index (χ3n) is 6.63. The molecule has 0 spiro atoms. The number of ether oxygens (including phenoxy) is 1. The molecular weight excluding hydrogens is 390 g/mol. The highest BCUT2D eigenvalue weighted by molar-refractivity contribution is 5.91. The number of carbonyl (C=O) groups excluding carboxylic acids is 2. The van der Waals surface area contributed by atoms with Crippen molar-refractivity contribution in [2.75, 3.05) is 37.0 Å². The van der Waals surface area contributed by atoms with Gasteiger partial charge < -0.3 is 19.9 Å². The summed E-state index contributed by atoms with van der Waals surface area (Å²) < 4.78 is 5.02. The predicted octanol–water partition coefficient (Wildman–Crippen LogP) is 2.04. The first-order valence-corrected chi connectivity index (χ1v) is 11.2. The average molecular weight is 423 g/mol. The maximum absolute atomic E-state index is 12.8.